The number of nitrogens with zero attached hydrogens (tertiary/aromatic N) is 2. The molecule has 2 aliphatic heterocycles. The van der Waals surface area contributed by atoms with Gasteiger partial charge in [0.25, 0.3) is 10.2 Å². The molecular weight excluding hydrogens is 316 g/mol. The summed E-state index contributed by atoms with van der Waals surface area (Å²) in [6.07, 6.45) is 2.63. The van der Waals surface area contributed by atoms with E-state index < -0.39 is 10.2 Å². The molecular formula is C16H24N2O4S. The van der Waals surface area contributed by atoms with Gasteiger partial charge in [-0.2, -0.15) is 17.0 Å². The standard InChI is InChI=1S/C16H24N2O4S/c1-13-7-5-6-10-18(13)23(19,20)17(2)11-14-12-21-15-8-3-4-9-16(15)22-14/h3-4,8-9,13-14H,5-7,10-12H2,1-2H3. The van der Waals surface area contributed by atoms with E-state index in [1.807, 2.05) is 31.2 Å². The quantitative estimate of drug-likeness (QED) is 0.840. The minimum absolute atomic E-state index is 0.0560. The van der Waals surface area contributed by atoms with Crippen LogP contribution in [0.2, 0.25) is 0 Å². The lowest BCUT2D eigenvalue weighted by Gasteiger charge is -2.36. The van der Waals surface area contributed by atoms with Gasteiger partial charge in [0.05, 0.1) is 6.54 Å². The fraction of sp³-hybridized carbons (Fsp3) is 0.625. The van der Waals surface area contributed by atoms with Crippen molar-refractivity contribution in [3.05, 3.63) is 24.3 Å². The molecule has 0 radical (unpaired) electrons. The van der Waals surface area contributed by atoms with E-state index >= 15 is 0 Å². The van der Waals surface area contributed by atoms with Gasteiger partial charge in [-0.25, -0.2) is 0 Å². The Kier molecular flexibility index (Phi) is 4.79. The average Bonchev–Trinajstić information content (AvgIpc) is 2.55. The van der Waals surface area contributed by atoms with E-state index in [2.05, 4.69) is 0 Å². The average molecular weight is 340 g/mol. The van der Waals surface area contributed by atoms with E-state index in [-0.39, 0.29) is 18.7 Å². The molecule has 1 aromatic rings. The number of para-hydroxylation sites is 2. The van der Waals surface area contributed by atoms with Crippen molar-refractivity contribution in [2.75, 3.05) is 26.7 Å². The smallest absolute Gasteiger partial charge is 0.282 e. The van der Waals surface area contributed by atoms with Crippen LogP contribution in [0.25, 0.3) is 0 Å². The van der Waals surface area contributed by atoms with Crippen LogP contribution in [0, 0.1) is 0 Å². The molecule has 7 heteroatoms. The lowest BCUT2D eigenvalue weighted by Crippen LogP contribution is -2.51. The van der Waals surface area contributed by atoms with E-state index in [0.717, 1.165) is 19.3 Å². The Bertz CT molecular complexity index is 649. The molecule has 23 heavy (non-hydrogen) atoms. The van der Waals surface area contributed by atoms with Gasteiger partial charge in [-0.1, -0.05) is 18.6 Å². The van der Waals surface area contributed by atoms with E-state index in [0.29, 0.717) is 24.7 Å². The fourth-order valence-corrected chi connectivity index (χ4v) is 4.76. The highest BCUT2D eigenvalue weighted by molar-refractivity contribution is 7.86. The predicted molar refractivity (Wildman–Crippen MR) is 87.9 cm³/mol. The summed E-state index contributed by atoms with van der Waals surface area (Å²) in [5.74, 6) is 1.37. The first kappa shape index (κ1) is 16.5. The van der Waals surface area contributed by atoms with Crippen LogP contribution in [-0.2, 0) is 10.2 Å². The second-order valence-electron chi connectivity index (χ2n) is 6.24. The highest BCUT2D eigenvalue weighted by atomic mass is 32.2. The van der Waals surface area contributed by atoms with Crippen LogP contribution in [-0.4, -0.2) is 55.9 Å². The lowest BCUT2D eigenvalue weighted by atomic mass is 10.1. The van der Waals surface area contributed by atoms with Gasteiger partial charge in [-0.3, -0.25) is 0 Å². The molecule has 1 saturated heterocycles. The van der Waals surface area contributed by atoms with Crippen molar-refractivity contribution in [1.29, 1.82) is 0 Å². The molecule has 2 unspecified atom stereocenters. The molecule has 128 valence electrons. The first-order valence-corrected chi connectivity index (χ1v) is 9.50. The van der Waals surface area contributed by atoms with Crippen LogP contribution in [0.1, 0.15) is 26.2 Å². The van der Waals surface area contributed by atoms with Gasteiger partial charge in [-0.15, -0.1) is 0 Å². The maximum Gasteiger partial charge on any atom is 0.282 e. The van der Waals surface area contributed by atoms with Gasteiger partial charge in [0, 0.05) is 19.6 Å². The normalized spacial score (nSPS) is 25.5. The SMILES string of the molecule is CC1CCCCN1S(=O)(=O)N(C)CC1COc2ccccc2O1. The molecule has 0 spiro atoms. The molecule has 6 nitrogen and oxygen atoms in total. The number of likely N-dealkylation sites (N-methyl/N-ethyl adjacent to an activating group) is 1. The zero-order valence-corrected chi connectivity index (χ0v) is 14.5. The Labute approximate surface area is 138 Å². The number of fused-ring (bicyclic) bond motifs is 1. The summed E-state index contributed by atoms with van der Waals surface area (Å²) in [5.41, 5.74) is 0. The van der Waals surface area contributed by atoms with E-state index in [9.17, 15) is 8.42 Å². The Morgan fingerprint density at radius 1 is 1.26 bits per heavy atom. The Morgan fingerprint density at radius 3 is 2.74 bits per heavy atom. The number of hydrogen-bond donors (Lipinski definition) is 0. The van der Waals surface area contributed by atoms with Crippen molar-refractivity contribution in [2.24, 2.45) is 0 Å². The zero-order chi connectivity index (χ0) is 16.4. The number of ether oxygens (including phenoxy) is 2. The number of benzene rings is 1. The van der Waals surface area contributed by atoms with Gasteiger partial charge in [0.15, 0.2) is 11.5 Å². The third kappa shape index (κ3) is 3.46. The molecule has 3 rings (SSSR count). The summed E-state index contributed by atoms with van der Waals surface area (Å²) in [4.78, 5) is 0. The Balaban J connectivity index is 1.66. The van der Waals surface area contributed by atoms with Gasteiger partial charge in [0.2, 0.25) is 0 Å². The molecule has 1 fully saturated rings. The molecule has 0 bridgehead atoms. The fourth-order valence-electron chi connectivity index (χ4n) is 3.13. The molecule has 0 amide bonds. The van der Waals surface area contributed by atoms with Crippen molar-refractivity contribution in [3.8, 4) is 11.5 Å². The summed E-state index contributed by atoms with van der Waals surface area (Å²) < 4.78 is 40.1. The first-order valence-electron chi connectivity index (χ1n) is 8.10. The molecule has 2 heterocycles. The molecule has 0 N–H and O–H groups in total. The first-order chi connectivity index (χ1) is 11.0. The van der Waals surface area contributed by atoms with Gasteiger partial charge in [0.1, 0.15) is 12.7 Å². The molecule has 2 aliphatic rings. The lowest BCUT2D eigenvalue weighted by molar-refractivity contribution is 0.0781. The zero-order valence-electron chi connectivity index (χ0n) is 13.6. The number of rotatable bonds is 4. The van der Waals surface area contributed by atoms with E-state index in [1.165, 1.54) is 4.31 Å². The largest absolute Gasteiger partial charge is 0.486 e. The molecule has 0 aliphatic carbocycles. The second-order valence-corrected chi connectivity index (χ2v) is 8.23. The van der Waals surface area contributed by atoms with E-state index in [4.69, 9.17) is 9.47 Å². The molecule has 2 atom stereocenters. The van der Waals surface area contributed by atoms with Gasteiger partial charge < -0.3 is 9.47 Å². The van der Waals surface area contributed by atoms with Crippen LogP contribution >= 0.6 is 0 Å². The molecule has 0 aromatic heterocycles. The third-order valence-corrected chi connectivity index (χ3v) is 6.53. The van der Waals surface area contributed by atoms with Gasteiger partial charge in [-0.05, 0) is 31.9 Å². The molecule has 0 saturated carbocycles. The predicted octanol–water partition coefficient (Wildman–Crippen LogP) is 1.88. The summed E-state index contributed by atoms with van der Waals surface area (Å²) in [5, 5.41) is 0. The minimum atomic E-state index is -3.46. The maximum absolute atomic E-state index is 12.8. The minimum Gasteiger partial charge on any atom is -0.486 e. The summed E-state index contributed by atoms with van der Waals surface area (Å²) in [6.45, 7) is 3.20. The van der Waals surface area contributed by atoms with Crippen molar-refractivity contribution in [1.82, 2.24) is 8.61 Å². The monoisotopic (exact) mass is 340 g/mol. The number of hydrogen-bond acceptors (Lipinski definition) is 4. The second kappa shape index (κ2) is 6.67. The van der Waals surface area contributed by atoms with Crippen molar-refractivity contribution in [2.45, 2.75) is 38.3 Å². The van der Waals surface area contributed by atoms with Gasteiger partial charge >= 0.3 is 0 Å². The van der Waals surface area contributed by atoms with Crippen molar-refractivity contribution >= 4 is 10.2 Å². The van der Waals surface area contributed by atoms with Crippen LogP contribution in [0.3, 0.4) is 0 Å². The number of piperidine rings is 1. The molecule has 1 aromatic carbocycles. The summed E-state index contributed by atoms with van der Waals surface area (Å²) in [6, 6.07) is 7.50. The van der Waals surface area contributed by atoms with Crippen molar-refractivity contribution in [3.63, 3.8) is 0 Å². The Morgan fingerprint density at radius 2 is 2.00 bits per heavy atom. The van der Waals surface area contributed by atoms with Crippen LogP contribution in [0.5, 0.6) is 11.5 Å². The topological polar surface area (TPSA) is 59.1 Å². The van der Waals surface area contributed by atoms with Crippen molar-refractivity contribution < 1.29 is 17.9 Å². The third-order valence-electron chi connectivity index (χ3n) is 4.46. The van der Waals surface area contributed by atoms with Crippen LogP contribution < -0.4 is 9.47 Å². The Hall–Kier alpha value is -1.31. The summed E-state index contributed by atoms with van der Waals surface area (Å²) >= 11 is 0. The highest BCUT2D eigenvalue weighted by Crippen LogP contribution is 2.31. The van der Waals surface area contributed by atoms with Crippen LogP contribution in [0.15, 0.2) is 24.3 Å². The van der Waals surface area contributed by atoms with Crippen LogP contribution in [0.4, 0.5) is 0 Å². The summed E-state index contributed by atoms with van der Waals surface area (Å²) in [7, 11) is -1.85. The van der Waals surface area contributed by atoms with E-state index in [1.54, 1.807) is 11.4 Å². The highest BCUT2D eigenvalue weighted by Gasteiger charge is 2.34. The maximum atomic E-state index is 12.8.